The molecule has 112 valence electrons. The van der Waals surface area contributed by atoms with E-state index in [-0.39, 0.29) is 11.9 Å². The maximum atomic E-state index is 12.5. The van der Waals surface area contributed by atoms with Gasteiger partial charge in [0.1, 0.15) is 5.82 Å². The largest absolute Gasteiger partial charge is 0.385 e. The number of hydrogen-bond acceptors (Lipinski definition) is 3. The SMILES string of the molecule is CCNc1ccc(Cl)cc1C(=O)Nc1ccnn1C(C)C. The Bertz CT molecular complexity index is 636. The molecule has 1 heterocycles. The van der Waals surface area contributed by atoms with Crippen molar-refractivity contribution in [3.05, 3.63) is 41.0 Å². The van der Waals surface area contributed by atoms with E-state index in [9.17, 15) is 4.79 Å². The molecule has 0 saturated carbocycles. The van der Waals surface area contributed by atoms with Gasteiger partial charge in [0.05, 0.1) is 11.8 Å². The van der Waals surface area contributed by atoms with Gasteiger partial charge in [-0.2, -0.15) is 5.10 Å². The van der Waals surface area contributed by atoms with E-state index in [2.05, 4.69) is 15.7 Å². The van der Waals surface area contributed by atoms with Gasteiger partial charge in [0.25, 0.3) is 5.91 Å². The Hall–Kier alpha value is -2.01. The van der Waals surface area contributed by atoms with Crippen LogP contribution in [-0.2, 0) is 0 Å². The fourth-order valence-corrected chi connectivity index (χ4v) is 2.23. The van der Waals surface area contributed by atoms with Crippen LogP contribution in [0.1, 0.15) is 37.2 Å². The van der Waals surface area contributed by atoms with Crippen molar-refractivity contribution >= 4 is 29.0 Å². The molecule has 0 atom stereocenters. The Morgan fingerprint density at radius 3 is 2.81 bits per heavy atom. The topological polar surface area (TPSA) is 59.0 Å². The predicted molar refractivity (Wildman–Crippen MR) is 86.2 cm³/mol. The number of nitrogens with zero attached hydrogens (tertiary/aromatic N) is 2. The molecule has 0 fully saturated rings. The van der Waals surface area contributed by atoms with E-state index in [0.29, 0.717) is 16.4 Å². The molecule has 0 aliphatic rings. The second kappa shape index (κ2) is 6.63. The number of nitrogens with one attached hydrogen (secondary N) is 2. The fourth-order valence-electron chi connectivity index (χ4n) is 2.06. The third kappa shape index (κ3) is 3.55. The predicted octanol–water partition coefficient (Wildman–Crippen LogP) is 3.80. The number of carbonyl (C=O) groups excluding carboxylic acids is 1. The molecule has 1 aromatic heterocycles. The average molecular weight is 307 g/mol. The molecule has 0 bridgehead atoms. The first-order chi connectivity index (χ1) is 10.0. The second-order valence-corrected chi connectivity index (χ2v) is 5.37. The fraction of sp³-hybridized carbons (Fsp3) is 0.333. The Morgan fingerprint density at radius 2 is 2.14 bits per heavy atom. The molecule has 2 rings (SSSR count). The van der Waals surface area contributed by atoms with Gasteiger partial charge in [-0.15, -0.1) is 0 Å². The van der Waals surface area contributed by atoms with Gasteiger partial charge in [-0.05, 0) is 39.0 Å². The smallest absolute Gasteiger partial charge is 0.258 e. The molecule has 0 aliphatic heterocycles. The zero-order valence-corrected chi connectivity index (χ0v) is 13.1. The number of rotatable bonds is 5. The second-order valence-electron chi connectivity index (χ2n) is 4.93. The van der Waals surface area contributed by atoms with E-state index in [1.165, 1.54) is 0 Å². The van der Waals surface area contributed by atoms with E-state index in [0.717, 1.165) is 12.2 Å². The highest BCUT2D eigenvalue weighted by molar-refractivity contribution is 6.31. The van der Waals surface area contributed by atoms with Crippen LogP contribution in [0.2, 0.25) is 5.02 Å². The van der Waals surface area contributed by atoms with Crippen LogP contribution in [0.5, 0.6) is 0 Å². The number of anilines is 2. The highest BCUT2D eigenvalue weighted by atomic mass is 35.5. The van der Waals surface area contributed by atoms with Crippen molar-refractivity contribution < 1.29 is 4.79 Å². The van der Waals surface area contributed by atoms with Gasteiger partial charge in [0.15, 0.2) is 0 Å². The third-order valence-corrected chi connectivity index (χ3v) is 3.23. The lowest BCUT2D eigenvalue weighted by molar-refractivity contribution is 0.102. The summed E-state index contributed by atoms with van der Waals surface area (Å²) >= 11 is 6.00. The van der Waals surface area contributed by atoms with E-state index >= 15 is 0 Å². The minimum absolute atomic E-state index is 0.169. The third-order valence-electron chi connectivity index (χ3n) is 2.99. The van der Waals surface area contributed by atoms with Gasteiger partial charge in [0.2, 0.25) is 0 Å². The summed E-state index contributed by atoms with van der Waals surface area (Å²) in [4.78, 5) is 12.5. The Balaban J connectivity index is 2.27. The van der Waals surface area contributed by atoms with Crippen LogP contribution < -0.4 is 10.6 Å². The molecule has 1 aromatic carbocycles. The molecule has 5 nitrogen and oxygen atoms in total. The van der Waals surface area contributed by atoms with Crippen LogP contribution in [0.15, 0.2) is 30.5 Å². The van der Waals surface area contributed by atoms with Crippen molar-refractivity contribution in [2.24, 2.45) is 0 Å². The van der Waals surface area contributed by atoms with Crippen molar-refractivity contribution in [1.82, 2.24) is 9.78 Å². The van der Waals surface area contributed by atoms with Gasteiger partial charge in [-0.3, -0.25) is 4.79 Å². The van der Waals surface area contributed by atoms with E-state index in [1.807, 2.05) is 20.8 Å². The van der Waals surface area contributed by atoms with Crippen molar-refractivity contribution in [3.63, 3.8) is 0 Å². The minimum Gasteiger partial charge on any atom is -0.385 e. The van der Waals surface area contributed by atoms with Crippen LogP contribution in [0.25, 0.3) is 0 Å². The molecule has 0 unspecified atom stereocenters. The molecule has 2 N–H and O–H groups in total. The number of benzene rings is 1. The summed E-state index contributed by atoms with van der Waals surface area (Å²) in [5.41, 5.74) is 1.27. The number of amides is 1. The maximum absolute atomic E-state index is 12.5. The van der Waals surface area contributed by atoms with Gasteiger partial charge in [-0.1, -0.05) is 11.6 Å². The number of halogens is 1. The number of carbonyl (C=O) groups is 1. The van der Waals surface area contributed by atoms with Crippen molar-refractivity contribution in [1.29, 1.82) is 0 Å². The summed E-state index contributed by atoms with van der Waals surface area (Å²) in [7, 11) is 0. The van der Waals surface area contributed by atoms with Crippen molar-refractivity contribution in [3.8, 4) is 0 Å². The van der Waals surface area contributed by atoms with Crippen molar-refractivity contribution in [2.75, 3.05) is 17.2 Å². The van der Waals surface area contributed by atoms with Gasteiger partial charge in [0, 0.05) is 29.4 Å². The molecule has 0 radical (unpaired) electrons. The summed E-state index contributed by atoms with van der Waals surface area (Å²) in [6.07, 6.45) is 1.67. The lowest BCUT2D eigenvalue weighted by Crippen LogP contribution is -2.18. The first-order valence-corrected chi connectivity index (χ1v) is 7.29. The van der Waals surface area contributed by atoms with Crippen LogP contribution >= 0.6 is 11.6 Å². The summed E-state index contributed by atoms with van der Waals surface area (Å²) < 4.78 is 1.76. The van der Waals surface area contributed by atoms with Crippen LogP contribution in [0.3, 0.4) is 0 Å². The highest BCUT2D eigenvalue weighted by Gasteiger charge is 2.15. The zero-order chi connectivity index (χ0) is 15.4. The molecule has 0 saturated heterocycles. The number of aromatic nitrogens is 2. The Labute approximate surface area is 129 Å². The van der Waals surface area contributed by atoms with Crippen LogP contribution in [-0.4, -0.2) is 22.2 Å². The first-order valence-electron chi connectivity index (χ1n) is 6.91. The standard InChI is InChI=1S/C15H19ClN4O/c1-4-17-13-6-5-11(16)9-12(13)15(21)19-14-7-8-18-20(14)10(2)3/h5-10,17H,4H2,1-3H3,(H,19,21). The van der Waals surface area contributed by atoms with Crippen LogP contribution in [0, 0.1) is 0 Å². The monoisotopic (exact) mass is 306 g/mol. The zero-order valence-electron chi connectivity index (χ0n) is 12.4. The van der Waals surface area contributed by atoms with E-state index in [1.54, 1.807) is 35.1 Å². The number of hydrogen-bond donors (Lipinski definition) is 2. The first kappa shape index (κ1) is 15.4. The molecule has 0 aliphatic carbocycles. The summed E-state index contributed by atoms with van der Waals surface area (Å²) in [5, 5.41) is 10.8. The van der Waals surface area contributed by atoms with Gasteiger partial charge >= 0.3 is 0 Å². The lowest BCUT2D eigenvalue weighted by Gasteiger charge is -2.14. The molecular formula is C15H19ClN4O. The minimum atomic E-state index is -0.212. The summed E-state index contributed by atoms with van der Waals surface area (Å²) in [6, 6.07) is 7.16. The molecule has 2 aromatic rings. The Kier molecular flexibility index (Phi) is 4.85. The lowest BCUT2D eigenvalue weighted by atomic mass is 10.1. The average Bonchev–Trinajstić information content (AvgIpc) is 2.89. The molecule has 21 heavy (non-hydrogen) atoms. The van der Waals surface area contributed by atoms with E-state index < -0.39 is 0 Å². The van der Waals surface area contributed by atoms with Crippen LogP contribution in [0.4, 0.5) is 11.5 Å². The maximum Gasteiger partial charge on any atom is 0.258 e. The van der Waals surface area contributed by atoms with Gasteiger partial charge < -0.3 is 10.6 Å². The molecule has 0 spiro atoms. The highest BCUT2D eigenvalue weighted by Crippen LogP contribution is 2.22. The molecular weight excluding hydrogens is 288 g/mol. The Morgan fingerprint density at radius 1 is 1.38 bits per heavy atom. The van der Waals surface area contributed by atoms with E-state index in [4.69, 9.17) is 11.6 Å². The summed E-state index contributed by atoms with van der Waals surface area (Å²) in [5.74, 6) is 0.452. The quantitative estimate of drug-likeness (QED) is 0.883. The molecule has 6 heteroatoms. The molecule has 1 amide bonds. The summed E-state index contributed by atoms with van der Waals surface area (Å²) in [6.45, 7) is 6.72. The van der Waals surface area contributed by atoms with Crippen molar-refractivity contribution in [2.45, 2.75) is 26.8 Å². The van der Waals surface area contributed by atoms with Gasteiger partial charge in [-0.25, -0.2) is 4.68 Å². The normalized spacial score (nSPS) is 10.7.